The standard InChI is InChI=1S/C12H10N2O6S2/c15-21(16,17)11-7-3-1-5-9(11)13-14-10-6-2-4-8-12(10)22(18,19)20/h1-8H,(H,15,16,17)(H,18,19,20). The summed E-state index contributed by atoms with van der Waals surface area (Å²) >= 11 is 0. The minimum absolute atomic E-state index is 0.171. The lowest BCUT2D eigenvalue weighted by molar-refractivity contribution is 0.481. The zero-order valence-corrected chi connectivity index (χ0v) is 12.5. The molecule has 0 bridgehead atoms. The predicted molar refractivity (Wildman–Crippen MR) is 76.7 cm³/mol. The monoisotopic (exact) mass is 342 g/mol. The van der Waals surface area contributed by atoms with Crippen LogP contribution in [0, 0.1) is 0 Å². The number of azo groups is 1. The predicted octanol–water partition coefficient (Wildman–Crippen LogP) is 2.60. The van der Waals surface area contributed by atoms with Crippen LogP contribution < -0.4 is 0 Å². The van der Waals surface area contributed by atoms with Crippen LogP contribution in [0.4, 0.5) is 11.4 Å². The fourth-order valence-electron chi connectivity index (χ4n) is 1.62. The second-order valence-electron chi connectivity index (χ2n) is 4.09. The Labute approximate surface area is 126 Å². The lowest BCUT2D eigenvalue weighted by Gasteiger charge is -2.02. The maximum Gasteiger partial charge on any atom is 0.296 e. The van der Waals surface area contributed by atoms with Gasteiger partial charge in [0.2, 0.25) is 0 Å². The highest BCUT2D eigenvalue weighted by Crippen LogP contribution is 2.28. The minimum Gasteiger partial charge on any atom is -0.282 e. The summed E-state index contributed by atoms with van der Waals surface area (Å²) in [7, 11) is -9.00. The third-order valence-corrected chi connectivity index (χ3v) is 4.35. The molecule has 2 aromatic carbocycles. The molecule has 2 rings (SSSR count). The first-order valence-corrected chi connectivity index (χ1v) is 8.62. The Balaban J connectivity index is 2.53. The van der Waals surface area contributed by atoms with Crippen LogP contribution in [0.1, 0.15) is 0 Å². The van der Waals surface area contributed by atoms with Crippen molar-refractivity contribution in [3.05, 3.63) is 48.5 Å². The van der Waals surface area contributed by atoms with Gasteiger partial charge in [0.15, 0.2) is 0 Å². The van der Waals surface area contributed by atoms with E-state index in [0.29, 0.717) is 0 Å². The molecule has 0 saturated heterocycles. The van der Waals surface area contributed by atoms with Crippen molar-refractivity contribution in [2.45, 2.75) is 9.79 Å². The van der Waals surface area contributed by atoms with E-state index in [0.717, 1.165) is 12.1 Å². The summed E-state index contributed by atoms with van der Waals surface area (Å²) in [5, 5.41) is 7.25. The van der Waals surface area contributed by atoms with Gasteiger partial charge in [-0.15, -0.1) is 10.2 Å². The van der Waals surface area contributed by atoms with Gasteiger partial charge in [0, 0.05) is 0 Å². The van der Waals surface area contributed by atoms with E-state index >= 15 is 0 Å². The van der Waals surface area contributed by atoms with Crippen LogP contribution in [-0.4, -0.2) is 25.9 Å². The summed E-state index contributed by atoms with van der Waals surface area (Å²) in [6, 6.07) is 10.5. The van der Waals surface area contributed by atoms with Crippen molar-refractivity contribution >= 4 is 31.6 Å². The van der Waals surface area contributed by atoms with Crippen LogP contribution in [0.3, 0.4) is 0 Å². The summed E-state index contributed by atoms with van der Waals surface area (Å²) in [5.41, 5.74) is -0.342. The number of benzene rings is 2. The van der Waals surface area contributed by atoms with Crippen LogP contribution in [0.15, 0.2) is 68.6 Å². The number of rotatable bonds is 4. The van der Waals surface area contributed by atoms with Crippen LogP contribution >= 0.6 is 0 Å². The molecule has 8 nitrogen and oxygen atoms in total. The number of nitrogens with zero attached hydrogens (tertiary/aromatic N) is 2. The van der Waals surface area contributed by atoms with Crippen molar-refractivity contribution in [2.75, 3.05) is 0 Å². The first-order chi connectivity index (χ1) is 10.2. The van der Waals surface area contributed by atoms with E-state index in [4.69, 9.17) is 9.11 Å². The van der Waals surface area contributed by atoms with Crippen molar-refractivity contribution in [1.29, 1.82) is 0 Å². The summed E-state index contributed by atoms with van der Waals surface area (Å²) in [5.74, 6) is 0. The molecule has 0 aliphatic heterocycles. The van der Waals surface area contributed by atoms with Gasteiger partial charge in [-0.1, -0.05) is 24.3 Å². The van der Waals surface area contributed by atoms with E-state index in [2.05, 4.69) is 10.2 Å². The van der Waals surface area contributed by atoms with E-state index in [9.17, 15) is 16.8 Å². The molecule has 0 aromatic heterocycles. The molecule has 0 heterocycles. The molecule has 2 N–H and O–H groups in total. The average Bonchev–Trinajstić information content (AvgIpc) is 2.44. The maximum absolute atomic E-state index is 11.2. The molecule has 0 saturated carbocycles. The van der Waals surface area contributed by atoms with Gasteiger partial charge >= 0.3 is 0 Å². The topological polar surface area (TPSA) is 133 Å². The highest BCUT2D eigenvalue weighted by Gasteiger charge is 2.16. The second-order valence-corrected chi connectivity index (χ2v) is 6.87. The van der Waals surface area contributed by atoms with Crippen molar-refractivity contribution in [3.8, 4) is 0 Å². The molecular weight excluding hydrogens is 332 g/mol. The van der Waals surface area contributed by atoms with Crippen LogP contribution in [0.5, 0.6) is 0 Å². The first-order valence-electron chi connectivity index (χ1n) is 5.74. The molecule has 10 heteroatoms. The largest absolute Gasteiger partial charge is 0.296 e. The second kappa shape index (κ2) is 5.93. The van der Waals surface area contributed by atoms with Gasteiger partial charge < -0.3 is 0 Å². The van der Waals surface area contributed by atoms with Crippen molar-refractivity contribution in [1.82, 2.24) is 0 Å². The van der Waals surface area contributed by atoms with Crippen molar-refractivity contribution < 1.29 is 25.9 Å². The first kappa shape index (κ1) is 16.2. The van der Waals surface area contributed by atoms with E-state index in [1.54, 1.807) is 0 Å². The van der Waals surface area contributed by atoms with E-state index in [-0.39, 0.29) is 11.4 Å². The zero-order chi connectivity index (χ0) is 16.4. The van der Waals surface area contributed by atoms with Gasteiger partial charge in [-0.25, -0.2) is 0 Å². The molecule has 0 atom stereocenters. The Kier molecular flexibility index (Phi) is 4.37. The molecule has 0 unspecified atom stereocenters. The average molecular weight is 342 g/mol. The highest BCUT2D eigenvalue weighted by atomic mass is 32.2. The molecule has 116 valence electrons. The third kappa shape index (κ3) is 3.74. The van der Waals surface area contributed by atoms with Gasteiger partial charge in [-0.3, -0.25) is 9.11 Å². The molecule has 0 aliphatic carbocycles. The van der Waals surface area contributed by atoms with Gasteiger partial charge in [0.25, 0.3) is 20.2 Å². The third-order valence-electron chi connectivity index (χ3n) is 2.55. The highest BCUT2D eigenvalue weighted by molar-refractivity contribution is 7.86. The number of hydrogen-bond donors (Lipinski definition) is 2. The van der Waals surface area contributed by atoms with Crippen molar-refractivity contribution in [2.24, 2.45) is 10.2 Å². The fourth-order valence-corrected chi connectivity index (χ4v) is 2.87. The molecular formula is C12H10N2O6S2. The molecule has 0 aliphatic rings. The normalized spacial score (nSPS) is 12.6. The lowest BCUT2D eigenvalue weighted by Crippen LogP contribution is -1.98. The van der Waals surface area contributed by atoms with Crippen molar-refractivity contribution in [3.63, 3.8) is 0 Å². The molecule has 2 aromatic rings. The summed E-state index contributed by atoms with van der Waals surface area (Å²) < 4.78 is 63.0. The van der Waals surface area contributed by atoms with Crippen LogP contribution in [0.25, 0.3) is 0 Å². The summed E-state index contributed by atoms with van der Waals surface area (Å²) in [6.07, 6.45) is 0. The number of hydrogen-bond acceptors (Lipinski definition) is 6. The Morgan fingerprint density at radius 3 is 1.27 bits per heavy atom. The quantitative estimate of drug-likeness (QED) is 0.648. The van der Waals surface area contributed by atoms with E-state index < -0.39 is 30.0 Å². The molecule has 0 fully saturated rings. The molecule has 0 amide bonds. The molecule has 0 radical (unpaired) electrons. The summed E-state index contributed by atoms with van der Waals surface area (Å²) in [4.78, 5) is -0.939. The molecule has 0 spiro atoms. The van der Waals surface area contributed by atoms with Crippen LogP contribution in [-0.2, 0) is 20.2 Å². The van der Waals surface area contributed by atoms with Gasteiger partial charge in [0.05, 0.1) is 0 Å². The lowest BCUT2D eigenvalue weighted by atomic mass is 10.3. The van der Waals surface area contributed by atoms with Gasteiger partial charge in [-0.2, -0.15) is 16.8 Å². The molecule has 22 heavy (non-hydrogen) atoms. The van der Waals surface area contributed by atoms with Gasteiger partial charge in [-0.05, 0) is 24.3 Å². The Bertz CT molecular complexity index is 858. The Morgan fingerprint density at radius 1 is 0.636 bits per heavy atom. The Morgan fingerprint density at radius 2 is 0.955 bits per heavy atom. The summed E-state index contributed by atoms with van der Waals surface area (Å²) in [6.45, 7) is 0. The van der Waals surface area contributed by atoms with Gasteiger partial charge in [0.1, 0.15) is 21.2 Å². The van der Waals surface area contributed by atoms with E-state index in [1.165, 1.54) is 36.4 Å². The van der Waals surface area contributed by atoms with Crippen LogP contribution in [0.2, 0.25) is 0 Å². The Hall–Kier alpha value is -2.14. The fraction of sp³-hybridized carbons (Fsp3) is 0. The van der Waals surface area contributed by atoms with E-state index in [1.807, 2.05) is 0 Å². The SMILES string of the molecule is O=S(=O)(O)c1ccccc1N=Nc1ccccc1S(=O)(=O)O. The maximum atomic E-state index is 11.2. The minimum atomic E-state index is -4.50. The zero-order valence-electron chi connectivity index (χ0n) is 10.9. The smallest absolute Gasteiger partial charge is 0.282 e.